The quantitative estimate of drug-likeness (QED) is 0.815. The number of aromatic nitrogens is 2. The Morgan fingerprint density at radius 1 is 1.06 bits per heavy atom. The van der Waals surface area contributed by atoms with Crippen LogP contribution in [-0.4, -0.2) is 15.1 Å². The minimum atomic E-state index is 0.219. The standard InChI is InChI=1S/C15H18N2O/c1-2-3-4-7-12-10-16-15(17-11-12)13-8-5-6-9-14(13)18/h5-6,8-11,18H,2-4,7H2,1H3. The Hall–Kier alpha value is -1.90. The highest BCUT2D eigenvalue weighted by atomic mass is 16.3. The van der Waals surface area contributed by atoms with E-state index >= 15 is 0 Å². The molecule has 0 fully saturated rings. The molecule has 0 unspecified atom stereocenters. The molecular formula is C15H18N2O. The van der Waals surface area contributed by atoms with Crippen molar-refractivity contribution in [3.8, 4) is 17.1 Å². The molecular weight excluding hydrogens is 224 g/mol. The summed E-state index contributed by atoms with van der Waals surface area (Å²) in [6.45, 7) is 2.19. The molecule has 0 aliphatic carbocycles. The van der Waals surface area contributed by atoms with Crippen molar-refractivity contribution in [1.82, 2.24) is 9.97 Å². The molecule has 1 aromatic carbocycles. The number of rotatable bonds is 5. The fourth-order valence-corrected chi connectivity index (χ4v) is 1.86. The van der Waals surface area contributed by atoms with Gasteiger partial charge in [-0.25, -0.2) is 9.97 Å². The van der Waals surface area contributed by atoms with Crippen molar-refractivity contribution < 1.29 is 5.11 Å². The number of nitrogens with zero attached hydrogens (tertiary/aromatic N) is 2. The third kappa shape index (κ3) is 3.06. The van der Waals surface area contributed by atoms with E-state index in [0.29, 0.717) is 11.4 Å². The normalized spacial score (nSPS) is 10.5. The fourth-order valence-electron chi connectivity index (χ4n) is 1.86. The van der Waals surface area contributed by atoms with Crippen LogP contribution in [0.1, 0.15) is 31.7 Å². The van der Waals surface area contributed by atoms with Gasteiger partial charge < -0.3 is 5.11 Å². The highest BCUT2D eigenvalue weighted by molar-refractivity contribution is 5.62. The first-order chi connectivity index (χ1) is 8.81. The third-order valence-corrected chi connectivity index (χ3v) is 2.92. The van der Waals surface area contributed by atoms with Crippen LogP contribution < -0.4 is 0 Å². The first-order valence-corrected chi connectivity index (χ1v) is 6.40. The van der Waals surface area contributed by atoms with Gasteiger partial charge in [0, 0.05) is 12.4 Å². The summed E-state index contributed by atoms with van der Waals surface area (Å²) in [5.41, 5.74) is 1.83. The van der Waals surface area contributed by atoms with Crippen LogP contribution in [-0.2, 0) is 6.42 Å². The Balaban J connectivity index is 2.10. The van der Waals surface area contributed by atoms with E-state index in [9.17, 15) is 5.11 Å². The van der Waals surface area contributed by atoms with Crippen LogP contribution in [0, 0.1) is 0 Å². The summed E-state index contributed by atoms with van der Waals surface area (Å²) < 4.78 is 0. The van der Waals surface area contributed by atoms with Gasteiger partial charge in [0.2, 0.25) is 0 Å². The van der Waals surface area contributed by atoms with Crippen molar-refractivity contribution in [2.75, 3.05) is 0 Å². The molecule has 0 bridgehead atoms. The number of benzene rings is 1. The van der Waals surface area contributed by atoms with Gasteiger partial charge in [-0.1, -0.05) is 31.9 Å². The van der Waals surface area contributed by atoms with Crippen molar-refractivity contribution in [3.63, 3.8) is 0 Å². The van der Waals surface area contributed by atoms with Crippen molar-refractivity contribution in [1.29, 1.82) is 0 Å². The second-order valence-corrected chi connectivity index (χ2v) is 4.39. The van der Waals surface area contributed by atoms with Crippen LogP contribution in [0.25, 0.3) is 11.4 Å². The number of hydrogen-bond acceptors (Lipinski definition) is 3. The molecule has 2 aromatic rings. The predicted molar refractivity (Wildman–Crippen MR) is 72.4 cm³/mol. The first kappa shape index (κ1) is 12.6. The average molecular weight is 242 g/mol. The lowest BCUT2D eigenvalue weighted by Gasteiger charge is -2.04. The van der Waals surface area contributed by atoms with Crippen molar-refractivity contribution >= 4 is 0 Å². The molecule has 1 heterocycles. The Kier molecular flexibility index (Phi) is 4.29. The Morgan fingerprint density at radius 3 is 2.44 bits per heavy atom. The third-order valence-electron chi connectivity index (χ3n) is 2.92. The van der Waals surface area contributed by atoms with E-state index in [1.165, 1.54) is 19.3 Å². The predicted octanol–water partition coefficient (Wildman–Crippen LogP) is 3.58. The second-order valence-electron chi connectivity index (χ2n) is 4.39. The van der Waals surface area contributed by atoms with Crippen LogP contribution in [0.3, 0.4) is 0 Å². The Morgan fingerprint density at radius 2 is 1.78 bits per heavy atom. The van der Waals surface area contributed by atoms with E-state index in [-0.39, 0.29) is 5.75 Å². The molecule has 2 rings (SSSR count). The maximum Gasteiger partial charge on any atom is 0.162 e. The zero-order valence-electron chi connectivity index (χ0n) is 10.6. The minimum Gasteiger partial charge on any atom is -0.507 e. The summed E-state index contributed by atoms with van der Waals surface area (Å²) >= 11 is 0. The number of phenolic OH excluding ortho intramolecular Hbond substituents is 1. The molecule has 3 nitrogen and oxygen atoms in total. The van der Waals surface area contributed by atoms with E-state index in [0.717, 1.165) is 12.0 Å². The molecule has 0 radical (unpaired) electrons. The van der Waals surface area contributed by atoms with Crippen LogP contribution in [0.5, 0.6) is 5.75 Å². The zero-order chi connectivity index (χ0) is 12.8. The van der Waals surface area contributed by atoms with Gasteiger partial charge in [-0.2, -0.15) is 0 Å². The molecule has 0 aliphatic heterocycles. The van der Waals surface area contributed by atoms with Crippen molar-refractivity contribution in [2.45, 2.75) is 32.6 Å². The van der Waals surface area contributed by atoms with Crippen LogP contribution in [0.2, 0.25) is 0 Å². The maximum absolute atomic E-state index is 9.73. The van der Waals surface area contributed by atoms with Gasteiger partial charge in [0.15, 0.2) is 5.82 Å². The fraction of sp³-hybridized carbons (Fsp3) is 0.333. The smallest absolute Gasteiger partial charge is 0.162 e. The van der Waals surface area contributed by atoms with Gasteiger partial charge in [-0.15, -0.1) is 0 Å². The van der Waals surface area contributed by atoms with E-state index in [4.69, 9.17) is 0 Å². The highest BCUT2D eigenvalue weighted by Gasteiger charge is 2.05. The SMILES string of the molecule is CCCCCc1cnc(-c2ccccc2O)nc1. The topological polar surface area (TPSA) is 46.0 Å². The van der Waals surface area contributed by atoms with Crippen LogP contribution in [0.15, 0.2) is 36.7 Å². The molecule has 94 valence electrons. The van der Waals surface area contributed by atoms with Gasteiger partial charge in [-0.3, -0.25) is 0 Å². The molecule has 18 heavy (non-hydrogen) atoms. The van der Waals surface area contributed by atoms with Gasteiger partial charge in [0.25, 0.3) is 0 Å². The molecule has 1 aromatic heterocycles. The second kappa shape index (κ2) is 6.15. The summed E-state index contributed by atoms with van der Waals surface area (Å²) in [6.07, 6.45) is 8.36. The van der Waals surface area contributed by atoms with Gasteiger partial charge in [-0.05, 0) is 30.5 Å². The van der Waals surface area contributed by atoms with Gasteiger partial charge >= 0.3 is 0 Å². The summed E-state index contributed by atoms with van der Waals surface area (Å²) in [6, 6.07) is 7.13. The number of para-hydroxylation sites is 1. The monoisotopic (exact) mass is 242 g/mol. The molecule has 0 spiro atoms. The summed E-state index contributed by atoms with van der Waals surface area (Å²) in [5, 5.41) is 9.73. The van der Waals surface area contributed by atoms with Gasteiger partial charge in [0.05, 0.1) is 5.56 Å². The van der Waals surface area contributed by atoms with E-state index < -0.39 is 0 Å². The summed E-state index contributed by atoms with van der Waals surface area (Å²) in [4.78, 5) is 8.63. The van der Waals surface area contributed by atoms with E-state index in [2.05, 4.69) is 16.9 Å². The number of unbranched alkanes of at least 4 members (excludes halogenated alkanes) is 2. The minimum absolute atomic E-state index is 0.219. The maximum atomic E-state index is 9.73. The molecule has 0 aliphatic rings. The van der Waals surface area contributed by atoms with E-state index in [1.54, 1.807) is 12.1 Å². The number of phenols is 1. The number of aryl methyl sites for hydroxylation is 1. The molecule has 0 atom stereocenters. The van der Waals surface area contributed by atoms with Crippen LogP contribution >= 0.6 is 0 Å². The van der Waals surface area contributed by atoms with Crippen LogP contribution in [0.4, 0.5) is 0 Å². The van der Waals surface area contributed by atoms with Crippen molar-refractivity contribution in [3.05, 3.63) is 42.2 Å². The lowest BCUT2D eigenvalue weighted by molar-refractivity contribution is 0.477. The molecule has 0 saturated heterocycles. The van der Waals surface area contributed by atoms with Gasteiger partial charge in [0.1, 0.15) is 5.75 Å². The summed E-state index contributed by atoms with van der Waals surface area (Å²) in [7, 11) is 0. The lowest BCUT2D eigenvalue weighted by Crippen LogP contribution is -1.93. The molecule has 3 heteroatoms. The number of hydrogen-bond donors (Lipinski definition) is 1. The Labute approximate surface area is 108 Å². The zero-order valence-corrected chi connectivity index (χ0v) is 10.6. The number of aromatic hydroxyl groups is 1. The molecule has 0 amide bonds. The molecule has 1 N–H and O–H groups in total. The van der Waals surface area contributed by atoms with E-state index in [1.807, 2.05) is 24.5 Å². The largest absolute Gasteiger partial charge is 0.507 e. The molecule has 0 saturated carbocycles. The highest BCUT2D eigenvalue weighted by Crippen LogP contribution is 2.25. The lowest BCUT2D eigenvalue weighted by atomic mass is 10.1. The Bertz CT molecular complexity index is 494. The summed E-state index contributed by atoms with van der Waals surface area (Å²) in [5.74, 6) is 0.795. The van der Waals surface area contributed by atoms with Crippen molar-refractivity contribution in [2.24, 2.45) is 0 Å². The average Bonchev–Trinajstić information content (AvgIpc) is 2.41. The first-order valence-electron chi connectivity index (χ1n) is 6.40.